The van der Waals surface area contributed by atoms with Crippen molar-refractivity contribution in [3.05, 3.63) is 42.2 Å². The Morgan fingerprint density at radius 2 is 1.31 bits per heavy atom. The summed E-state index contributed by atoms with van der Waals surface area (Å²) in [6.07, 6.45) is 22.4. The number of rotatable bonds is 21. The topological polar surface area (TPSA) is 35.0 Å². The molecular formula is C32H51FN2O. The summed E-state index contributed by atoms with van der Waals surface area (Å²) in [4.78, 5) is 8.87. The van der Waals surface area contributed by atoms with Gasteiger partial charge >= 0.3 is 0 Å². The van der Waals surface area contributed by atoms with E-state index in [2.05, 4.69) is 55.0 Å². The molecule has 0 aliphatic heterocycles. The molecule has 0 radical (unpaired) electrons. The first-order valence-electron chi connectivity index (χ1n) is 14.8. The zero-order valence-electron chi connectivity index (χ0n) is 23.3. The highest BCUT2D eigenvalue weighted by Gasteiger charge is 2.13. The molecule has 0 saturated carbocycles. The van der Waals surface area contributed by atoms with Gasteiger partial charge in [-0.25, -0.2) is 14.4 Å². The lowest BCUT2D eigenvalue weighted by molar-refractivity contribution is 0.167. The second-order valence-corrected chi connectivity index (χ2v) is 10.6. The van der Waals surface area contributed by atoms with Crippen molar-refractivity contribution < 1.29 is 9.13 Å². The Bertz CT molecular complexity index is 778. The minimum Gasteiger partial charge on any atom is -0.487 e. The molecule has 36 heavy (non-hydrogen) atoms. The van der Waals surface area contributed by atoms with Crippen molar-refractivity contribution in [2.45, 2.75) is 130 Å². The molecule has 2 rings (SSSR count). The lowest BCUT2D eigenvalue weighted by atomic mass is 9.98. The van der Waals surface area contributed by atoms with Crippen LogP contribution in [0.5, 0.6) is 5.75 Å². The summed E-state index contributed by atoms with van der Waals surface area (Å²) in [6, 6.07) is 8.57. The highest BCUT2D eigenvalue weighted by Crippen LogP contribution is 2.21. The van der Waals surface area contributed by atoms with Crippen molar-refractivity contribution in [1.29, 1.82) is 0 Å². The van der Waals surface area contributed by atoms with Crippen LogP contribution < -0.4 is 4.74 Å². The first-order chi connectivity index (χ1) is 17.6. The highest BCUT2D eigenvalue weighted by molar-refractivity contribution is 5.55. The lowest BCUT2D eigenvalue weighted by Crippen LogP contribution is -2.16. The summed E-state index contributed by atoms with van der Waals surface area (Å²) in [7, 11) is 0. The number of aryl methyl sites for hydroxylation is 1. The molecule has 0 aliphatic carbocycles. The van der Waals surface area contributed by atoms with Gasteiger partial charge in [-0.05, 0) is 30.7 Å². The molecule has 1 aromatic carbocycles. The summed E-state index contributed by atoms with van der Waals surface area (Å²) in [5.41, 5.74) is 2.37. The molecule has 0 bridgehead atoms. The SMILES string of the molecule is CCCCCCCCCCCCc1ccc(-c2ncc(OCC(F)CC(C)CCCCC)cn2)cc1. The van der Waals surface area contributed by atoms with Gasteiger partial charge in [0.15, 0.2) is 11.6 Å². The second kappa shape index (κ2) is 19.2. The number of unbranched alkanes of at least 4 members (excludes halogenated alkanes) is 11. The van der Waals surface area contributed by atoms with Gasteiger partial charge in [0.05, 0.1) is 12.4 Å². The van der Waals surface area contributed by atoms with E-state index in [0.717, 1.165) is 18.4 Å². The van der Waals surface area contributed by atoms with Crippen LogP contribution in [0.15, 0.2) is 36.7 Å². The molecule has 0 fully saturated rings. The largest absolute Gasteiger partial charge is 0.487 e. The van der Waals surface area contributed by atoms with Crippen LogP contribution in [0, 0.1) is 5.92 Å². The van der Waals surface area contributed by atoms with Gasteiger partial charge < -0.3 is 4.74 Å². The molecule has 0 spiro atoms. The van der Waals surface area contributed by atoms with Crippen molar-refractivity contribution in [1.82, 2.24) is 9.97 Å². The quantitative estimate of drug-likeness (QED) is 0.161. The van der Waals surface area contributed by atoms with Crippen LogP contribution >= 0.6 is 0 Å². The monoisotopic (exact) mass is 498 g/mol. The molecule has 2 unspecified atom stereocenters. The highest BCUT2D eigenvalue weighted by atomic mass is 19.1. The van der Waals surface area contributed by atoms with Gasteiger partial charge in [0, 0.05) is 5.56 Å². The fraction of sp³-hybridized carbons (Fsp3) is 0.688. The number of hydrogen-bond donors (Lipinski definition) is 0. The van der Waals surface area contributed by atoms with Crippen molar-refractivity contribution in [2.75, 3.05) is 6.61 Å². The van der Waals surface area contributed by atoms with E-state index in [1.165, 1.54) is 89.0 Å². The Kier molecular flexibility index (Phi) is 16.1. The standard InChI is InChI=1S/C32H51FN2O/c1-4-6-8-9-10-11-12-13-14-16-18-28-19-21-29(22-20-28)32-34-24-31(25-35-32)36-26-30(33)23-27(3)17-15-7-5-2/h19-22,24-25,27,30H,4-18,23,26H2,1-3H3. The molecule has 3 nitrogen and oxygen atoms in total. The van der Waals surface area contributed by atoms with E-state index >= 15 is 0 Å². The molecule has 2 atom stereocenters. The molecule has 0 amide bonds. The zero-order chi connectivity index (χ0) is 25.8. The van der Waals surface area contributed by atoms with Crippen LogP contribution in [0.4, 0.5) is 4.39 Å². The number of alkyl halides is 1. The Hall–Kier alpha value is -1.97. The average molecular weight is 499 g/mol. The van der Waals surface area contributed by atoms with E-state index in [4.69, 9.17) is 4.74 Å². The average Bonchev–Trinajstić information content (AvgIpc) is 2.89. The molecule has 0 N–H and O–H groups in total. The molecule has 4 heteroatoms. The van der Waals surface area contributed by atoms with E-state index in [9.17, 15) is 4.39 Å². The summed E-state index contributed by atoms with van der Waals surface area (Å²) in [5, 5.41) is 0. The van der Waals surface area contributed by atoms with Crippen molar-refractivity contribution >= 4 is 0 Å². The van der Waals surface area contributed by atoms with Crippen LogP contribution in [-0.2, 0) is 6.42 Å². The molecule has 1 aromatic heterocycles. The van der Waals surface area contributed by atoms with Gasteiger partial charge in [0.2, 0.25) is 0 Å². The van der Waals surface area contributed by atoms with Gasteiger partial charge in [-0.1, -0.05) is 129 Å². The summed E-state index contributed by atoms with van der Waals surface area (Å²) < 4.78 is 19.9. The first-order valence-corrected chi connectivity index (χ1v) is 14.8. The second-order valence-electron chi connectivity index (χ2n) is 10.6. The minimum atomic E-state index is -0.954. The fourth-order valence-electron chi connectivity index (χ4n) is 4.73. The Labute approximate surface area is 220 Å². The van der Waals surface area contributed by atoms with Crippen molar-refractivity contribution in [3.8, 4) is 17.1 Å². The van der Waals surface area contributed by atoms with Crippen LogP contribution in [0.3, 0.4) is 0 Å². The van der Waals surface area contributed by atoms with Gasteiger partial charge in [-0.15, -0.1) is 0 Å². The van der Waals surface area contributed by atoms with Crippen molar-refractivity contribution in [3.63, 3.8) is 0 Å². The maximum absolute atomic E-state index is 14.3. The molecule has 0 saturated heterocycles. The summed E-state index contributed by atoms with van der Waals surface area (Å²) >= 11 is 0. The van der Waals surface area contributed by atoms with Gasteiger partial charge in [0.25, 0.3) is 0 Å². The van der Waals surface area contributed by atoms with E-state index in [1.807, 2.05) is 0 Å². The van der Waals surface area contributed by atoms with Gasteiger partial charge in [-0.2, -0.15) is 0 Å². The maximum Gasteiger partial charge on any atom is 0.159 e. The van der Waals surface area contributed by atoms with Gasteiger partial charge in [-0.3, -0.25) is 0 Å². The Balaban J connectivity index is 1.63. The molecule has 2 aromatic rings. The summed E-state index contributed by atoms with van der Waals surface area (Å²) in [6.45, 7) is 6.66. The number of benzene rings is 1. The number of halogens is 1. The Morgan fingerprint density at radius 1 is 0.750 bits per heavy atom. The Morgan fingerprint density at radius 3 is 1.92 bits per heavy atom. The van der Waals surface area contributed by atoms with Crippen LogP contribution in [0.2, 0.25) is 0 Å². The third-order valence-corrected chi connectivity index (χ3v) is 7.05. The van der Waals surface area contributed by atoms with Crippen LogP contribution in [0.25, 0.3) is 11.4 Å². The smallest absolute Gasteiger partial charge is 0.159 e. The number of hydrogen-bond acceptors (Lipinski definition) is 3. The predicted octanol–water partition coefficient (Wildman–Crippen LogP) is 9.93. The number of aromatic nitrogens is 2. The van der Waals surface area contributed by atoms with E-state index in [1.54, 1.807) is 12.4 Å². The summed E-state index contributed by atoms with van der Waals surface area (Å²) in [5.74, 6) is 1.59. The van der Waals surface area contributed by atoms with E-state index in [0.29, 0.717) is 23.9 Å². The molecule has 1 heterocycles. The first kappa shape index (κ1) is 30.3. The maximum atomic E-state index is 14.3. The fourth-order valence-corrected chi connectivity index (χ4v) is 4.73. The van der Waals surface area contributed by atoms with E-state index in [-0.39, 0.29) is 6.61 Å². The third kappa shape index (κ3) is 13.4. The zero-order valence-corrected chi connectivity index (χ0v) is 23.3. The molecular weight excluding hydrogens is 447 g/mol. The van der Waals surface area contributed by atoms with Crippen LogP contribution in [0.1, 0.15) is 123 Å². The minimum absolute atomic E-state index is 0.0640. The van der Waals surface area contributed by atoms with E-state index < -0.39 is 6.17 Å². The normalized spacial score (nSPS) is 13.0. The number of ether oxygens (including phenoxy) is 1. The third-order valence-electron chi connectivity index (χ3n) is 7.05. The van der Waals surface area contributed by atoms with Gasteiger partial charge in [0.1, 0.15) is 12.8 Å². The number of nitrogens with zero attached hydrogens (tertiary/aromatic N) is 2. The van der Waals surface area contributed by atoms with Crippen LogP contribution in [-0.4, -0.2) is 22.7 Å². The lowest BCUT2D eigenvalue weighted by Gasteiger charge is -2.15. The van der Waals surface area contributed by atoms with Crippen molar-refractivity contribution in [2.24, 2.45) is 5.92 Å². The molecule has 0 aliphatic rings. The molecule has 202 valence electrons. The predicted molar refractivity (Wildman–Crippen MR) is 151 cm³/mol.